The summed E-state index contributed by atoms with van der Waals surface area (Å²) in [5, 5.41) is 9.61. The lowest BCUT2D eigenvalue weighted by molar-refractivity contribution is -0.120. The molecule has 3 aromatic carbocycles. The maximum absolute atomic E-state index is 17.4. The molecular formula is C59H65F2N11O6. The van der Waals surface area contributed by atoms with Crippen LogP contribution in [0.25, 0.3) is 43.8 Å². The molecule has 6 aromatic rings. The summed E-state index contributed by atoms with van der Waals surface area (Å²) in [4.78, 5) is 63.4. The standard InChI is InChI=1S/C59H65F2N11O6/c1-3-42-45(60)13-9-38-7-4-8-44(49(38)42)52-51(61)53-50-46(62-52)14-11-40-33-76-30-6-23-70(40)55(50)65-56(64-53)78-35-59-21-5-24-72(59)41(15-22-59)34-77-58(75)69-27-18-37(19-28-69)31-36-16-25-68(26-17-36)39-10-12-43-47(32-39)67(2)66-54(43)71-29-20-48(73)63-57(71)74/h1,4,7-10,12-13,32,36-37,40-41H,5-6,11,14-31,33-35H2,2H3,(H,63,73,74)/t40-,41-,59-/m0/s1. The average Bonchev–Trinajstić information content (AvgIpc) is 4.13. The Morgan fingerprint density at radius 3 is 2.54 bits per heavy atom. The van der Waals surface area contributed by atoms with Gasteiger partial charge in [-0.25, -0.2) is 23.4 Å². The van der Waals surface area contributed by atoms with Gasteiger partial charge in [-0.2, -0.15) is 15.1 Å². The normalized spacial score (nSPS) is 23.4. The van der Waals surface area contributed by atoms with E-state index in [4.69, 9.17) is 35.6 Å². The lowest BCUT2D eigenvalue weighted by Crippen LogP contribution is -2.49. The highest BCUT2D eigenvalue weighted by Crippen LogP contribution is 2.45. The van der Waals surface area contributed by atoms with E-state index in [9.17, 15) is 14.4 Å². The highest BCUT2D eigenvalue weighted by molar-refractivity contribution is 6.09. The number of nitrogens with zero attached hydrogens (tertiary/aromatic N) is 10. The van der Waals surface area contributed by atoms with E-state index in [2.05, 4.69) is 43.2 Å². The molecule has 0 unspecified atom stereocenters. The van der Waals surface area contributed by atoms with E-state index >= 15 is 8.78 Å². The van der Waals surface area contributed by atoms with Gasteiger partial charge >= 0.3 is 18.1 Å². The molecule has 13 rings (SSSR count). The Hall–Kier alpha value is -7.17. The number of amides is 4. The van der Waals surface area contributed by atoms with E-state index in [1.165, 1.54) is 6.07 Å². The van der Waals surface area contributed by atoms with Crippen LogP contribution >= 0.6 is 0 Å². The molecule has 0 bridgehead atoms. The highest BCUT2D eigenvalue weighted by atomic mass is 19.1. The maximum atomic E-state index is 17.4. The molecule has 0 aliphatic carbocycles. The molecule has 10 heterocycles. The number of anilines is 3. The maximum Gasteiger partial charge on any atom is 0.409 e. The second kappa shape index (κ2) is 20.6. The van der Waals surface area contributed by atoms with Crippen molar-refractivity contribution in [2.24, 2.45) is 18.9 Å². The predicted octanol–water partition coefficient (Wildman–Crippen LogP) is 8.51. The fourth-order valence-electron chi connectivity index (χ4n) is 14.1. The van der Waals surface area contributed by atoms with Crippen LogP contribution < -0.4 is 24.8 Å². The van der Waals surface area contributed by atoms with Gasteiger partial charge in [0.2, 0.25) is 5.91 Å². The average molecular weight is 1060 g/mol. The largest absolute Gasteiger partial charge is 0.461 e. The van der Waals surface area contributed by atoms with Gasteiger partial charge in [0.15, 0.2) is 11.6 Å². The summed E-state index contributed by atoms with van der Waals surface area (Å²) in [7, 11) is 1.89. The van der Waals surface area contributed by atoms with Crippen molar-refractivity contribution in [3.63, 3.8) is 0 Å². The number of pyridine rings is 1. The van der Waals surface area contributed by atoms with Gasteiger partial charge in [0, 0.05) is 87.4 Å². The van der Waals surface area contributed by atoms with Crippen molar-refractivity contribution in [2.75, 3.05) is 86.9 Å². The quantitative estimate of drug-likeness (QED) is 0.130. The Labute approximate surface area is 451 Å². The molecule has 7 aliphatic heterocycles. The van der Waals surface area contributed by atoms with Crippen molar-refractivity contribution in [2.45, 2.75) is 101 Å². The fraction of sp³-hybridized carbons (Fsp3) is 0.508. The van der Waals surface area contributed by atoms with Gasteiger partial charge in [-0.05, 0) is 125 Å². The van der Waals surface area contributed by atoms with Gasteiger partial charge in [0.05, 0.1) is 40.3 Å². The number of fused-ring (bicyclic) bond motifs is 5. The minimum atomic E-state index is -0.641. The topological polar surface area (TPSA) is 164 Å². The first-order valence-corrected chi connectivity index (χ1v) is 28.1. The van der Waals surface area contributed by atoms with Crippen LogP contribution in [0.4, 0.5) is 35.7 Å². The van der Waals surface area contributed by atoms with Gasteiger partial charge in [-0.1, -0.05) is 30.2 Å². The number of hydrogen-bond donors (Lipinski definition) is 1. The Morgan fingerprint density at radius 2 is 1.72 bits per heavy atom. The van der Waals surface area contributed by atoms with Crippen LogP contribution in [-0.4, -0.2) is 142 Å². The molecule has 0 radical (unpaired) electrons. The van der Waals surface area contributed by atoms with Crippen LogP contribution in [0.15, 0.2) is 48.5 Å². The third-order valence-electron chi connectivity index (χ3n) is 18.2. The molecule has 78 heavy (non-hydrogen) atoms. The third kappa shape index (κ3) is 9.07. The molecule has 1 N–H and O–H groups in total. The Kier molecular flexibility index (Phi) is 13.3. The summed E-state index contributed by atoms with van der Waals surface area (Å²) < 4.78 is 53.3. The predicted molar refractivity (Wildman–Crippen MR) is 292 cm³/mol. The lowest BCUT2D eigenvalue weighted by atomic mass is 9.83. The van der Waals surface area contributed by atoms with Crippen LogP contribution in [0.2, 0.25) is 0 Å². The van der Waals surface area contributed by atoms with Crippen LogP contribution in [0.3, 0.4) is 0 Å². The molecule has 19 heteroatoms. The number of aromatic nitrogens is 5. The highest BCUT2D eigenvalue weighted by Gasteiger charge is 2.50. The van der Waals surface area contributed by atoms with Crippen molar-refractivity contribution < 1.29 is 37.4 Å². The minimum Gasteiger partial charge on any atom is -0.461 e. The third-order valence-corrected chi connectivity index (χ3v) is 18.2. The summed E-state index contributed by atoms with van der Waals surface area (Å²) in [5.41, 5.74) is 3.07. The molecular weight excluding hydrogens is 997 g/mol. The van der Waals surface area contributed by atoms with Gasteiger partial charge in [0.25, 0.3) is 0 Å². The molecule has 406 valence electrons. The molecule has 0 saturated carbocycles. The Morgan fingerprint density at radius 1 is 0.885 bits per heavy atom. The molecule has 6 saturated heterocycles. The fourth-order valence-corrected chi connectivity index (χ4v) is 14.1. The number of urea groups is 1. The van der Waals surface area contributed by atoms with Crippen molar-refractivity contribution in [3.05, 3.63) is 71.4 Å². The molecule has 4 amide bonds. The molecule has 3 atom stereocenters. The number of ether oxygens (including phenoxy) is 3. The summed E-state index contributed by atoms with van der Waals surface area (Å²) in [5.74, 6) is 3.39. The number of hydrogen-bond acceptors (Lipinski definition) is 13. The van der Waals surface area contributed by atoms with Gasteiger partial charge < -0.3 is 28.9 Å². The number of piperidine rings is 2. The zero-order valence-corrected chi connectivity index (χ0v) is 44.2. The summed E-state index contributed by atoms with van der Waals surface area (Å²) in [6.45, 7) is 6.92. The first kappa shape index (κ1) is 50.3. The molecule has 7 aliphatic rings. The summed E-state index contributed by atoms with van der Waals surface area (Å²) in [6, 6.07) is 14.4. The van der Waals surface area contributed by atoms with Crippen LogP contribution in [-0.2, 0) is 27.7 Å². The van der Waals surface area contributed by atoms with Crippen molar-refractivity contribution in [1.82, 2.24) is 39.8 Å². The number of rotatable bonds is 10. The number of aryl methyl sites for hydroxylation is 2. The number of halogens is 2. The van der Waals surface area contributed by atoms with E-state index in [0.717, 1.165) is 107 Å². The summed E-state index contributed by atoms with van der Waals surface area (Å²) in [6.07, 6.45) is 16.8. The zero-order chi connectivity index (χ0) is 53.2. The molecule has 3 aromatic heterocycles. The van der Waals surface area contributed by atoms with E-state index in [0.29, 0.717) is 110 Å². The van der Waals surface area contributed by atoms with Crippen molar-refractivity contribution >= 4 is 67.9 Å². The van der Waals surface area contributed by atoms with Crippen molar-refractivity contribution in [3.8, 4) is 29.6 Å². The lowest BCUT2D eigenvalue weighted by Gasteiger charge is -2.37. The smallest absolute Gasteiger partial charge is 0.409 e. The SMILES string of the molecule is C#Cc1c(F)ccc2cccc(-c3nc4c5c(nc(OC[C@@]67CCCN6[C@H](COC(=O)N6CCC(CC8CCN(c9ccc%10c(N%11CCC(=O)NC%11=O)nn(C)c%10c9)CC8)CC6)CC7)nc5c3F)N3CCCOC[C@@H]3CC4)c12. The molecule has 0 spiro atoms. The van der Waals surface area contributed by atoms with Gasteiger partial charge in [0.1, 0.15) is 36.1 Å². The number of likely N-dealkylation sites (tertiary alicyclic amines) is 1. The number of imide groups is 1. The van der Waals surface area contributed by atoms with E-state index in [1.54, 1.807) is 23.1 Å². The number of carbonyl (C=O) groups excluding carboxylic acids is 3. The minimum absolute atomic E-state index is 0.00361. The molecule has 6 fully saturated rings. The number of nitrogens with one attached hydrogen (secondary N) is 1. The second-order valence-electron chi connectivity index (χ2n) is 22.6. The first-order chi connectivity index (χ1) is 38.0. The van der Waals surface area contributed by atoms with Crippen LogP contribution in [0, 0.1) is 35.8 Å². The second-order valence-corrected chi connectivity index (χ2v) is 22.6. The first-order valence-electron chi connectivity index (χ1n) is 28.1. The molecule has 17 nitrogen and oxygen atoms in total. The van der Waals surface area contributed by atoms with E-state index in [1.807, 2.05) is 28.8 Å². The Balaban J connectivity index is 0.634. The number of benzene rings is 3. The monoisotopic (exact) mass is 1060 g/mol. The van der Waals surface area contributed by atoms with E-state index in [-0.39, 0.29) is 58.8 Å². The number of carbonyl (C=O) groups is 3. The van der Waals surface area contributed by atoms with Crippen LogP contribution in [0.1, 0.15) is 88.3 Å². The van der Waals surface area contributed by atoms with E-state index < -0.39 is 17.7 Å². The van der Waals surface area contributed by atoms with Gasteiger partial charge in [-0.15, -0.1) is 6.42 Å². The Bertz CT molecular complexity index is 3410. The van der Waals surface area contributed by atoms with Crippen LogP contribution in [0.5, 0.6) is 6.01 Å². The van der Waals surface area contributed by atoms with Crippen molar-refractivity contribution in [1.29, 1.82) is 0 Å². The zero-order valence-electron chi connectivity index (χ0n) is 44.2. The summed E-state index contributed by atoms with van der Waals surface area (Å²) >= 11 is 0. The number of terminal acetylenes is 1. The van der Waals surface area contributed by atoms with Gasteiger partial charge in [-0.3, -0.25) is 24.6 Å².